The molecular formula is C7H9. The third-order valence-electron chi connectivity index (χ3n) is 1.18. The minimum Gasteiger partial charge on any atom is -0.0769 e. The molecule has 0 N–H and O–H groups in total. The summed E-state index contributed by atoms with van der Waals surface area (Å²) in [5.41, 5.74) is 1.43. The summed E-state index contributed by atoms with van der Waals surface area (Å²) in [4.78, 5) is 0. The van der Waals surface area contributed by atoms with E-state index in [2.05, 4.69) is 25.2 Å². The second kappa shape index (κ2) is 1.97. The van der Waals surface area contributed by atoms with Crippen molar-refractivity contribution in [3.05, 3.63) is 23.8 Å². The van der Waals surface area contributed by atoms with Gasteiger partial charge in [0.25, 0.3) is 0 Å². The van der Waals surface area contributed by atoms with E-state index in [0.29, 0.717) is 0 Å². The molecule has 0 fully saturated rings. The maximum Gasteiger partial charge on any atom is -0.00887 e. The van der Waals surface area contributed by atoms with Crippen LogP contribution in [-0.2, 0) is 0 Å². The van der Waals surface area contributed by atoms with Gasteiger partial charge in [0.1, 0.15) is 0 Å². The molecule has 0 atom stereocenters. The Morgan fingerprint density at radius 3 is 3.00 bits per heavy atom. The van der Waals surface area contributed by atoms with E-state index in [1.807, 2.05) is 0 Å². The fourth-order valence-corrected chi connectivity index (χ4v) is 0.685. The maximum absolute atomic E-state index is 3.11. The number of hydrogen-bond donors (Lipinski definition) is 0. The van der Waals surface area contributed by atoms with Crippen LogP contribution in [0.25, 0.3) is 0 Å². The monoisotopic (exact) mass is 93.1 g/mol. The summed E-state index contributed by atoms with van der Waals surface area (Å²) < 4.78 is 0. The molecule has 1 rings (SSSR count). The summed E-state index contributed by atoms with van der Waals surface area (Å²) >= 11 is 0. The van der Waals surface area contributed by atoms with Crippen molar-refractivity contribution in [1.29, 1.82) is 0 Å². The molecule has 0 aliphatic heterocycles. The predicted molar refractivity (Wildman–Crippen MR) is 30.8 cm³/mol. The lowest BCUT2D eigenvalue weighted by molar-refractivity contribution is 1.15. The smallest absolute Gasteiger partial charge is 0.00887 e. The first kappa shape index (κ1) is 4.63. The normalized spacial score (nSPS) is 17.6. The molecule has 0 saturated heterocycles. The number of hydrogen-bond acceptors (Lipinski definition) is 0. The summed E-state index contributed by atoms with van der Waals surface area (Å²) in [6, 6.07) is 0. The van der Waals surface area contributed by atoms with Crippen LogP contribution in [0.5, 0.6) is 0 Å². The van der Waals surface area contributed by atoms with Gasteiger partial charge in [-0.1, -0.05) is 24.6 Å². The highest BCUT2D eigenvalue weighted by molar-refractivity contribution is 5.22. The molecule has 0 aromatic heterocycles. The lowest BCUT2D eigenvalue weighted by Gasteiger charge is -1.84. The molecule has 0 saturated carbocycles. The Balaban J connectivity index is 2.52. The van der Waals surface area contributed by atoms with E-state index in [9.17, 15) is 0 Å². The van der Waals surface area contributed by atoms with Crippen molar-refractivity contribution in [2.24, 2.45) is 0 Å². The molecule has 0 heteroatoms. The van der Waals surface area contributed by atoms with Crippen LogP contribution in [0.3, 0.4) is 0 Å². The highest BCUT2D eigenvalue weighted by atomic mass is 14.0. The van der Waals surface area contributed by atoms with Gasteiger partial charge in [0, 0.05) is 0 Å². The third kappa shape index (κ3) is 0.923. The molecule has 0 spiro atoms. The Morgan fingerprint density at radius 2 is 2.71 bits per heavy atom. The van der Waals surface area contributed by atoms with Crippen LogP contribution >= 0.6 is 0 Å². The van der Waals surface area contributed by atoms with Gasteiger partial charge in [-0.3, -0.25) is 0 Å². The van der Waals surface area contributed by atoms with E-state index in [0.717, 1.165) is 12.8 Å². The molecule has 0 heterocycles. The molecule has 0 bridgehead atoms. The van der Waals surface area contributed by atoms with Crippen LogP contribution in [-0.4, -0.2) is 0 Å². The van der Waals surface area contributed by atoms with Crippen LogP contribution in [0.2, 0.25) is 0 Å². The molecule has 0 aromatic rings. The fraction of sp³-hybridized carbons (Fsp3) is 0.429. The predicted octanol–water partition coefficient (Wildman–Crippen LogP) is 2.09. The summed E-state index contributed by atoms with van der Waals surface area (Å²) in [6.45, 7) is 2.16. The lowest BCUT2D eigenvalue weighted by Crippen LogP contribution is -1.64. The fourth-order valence-electron chi connectivity index (χ4n) is 0.685. The summed E-state index contributed by atoms with van der Waals surface area (Å²) in [5.74, 6) is 0. The van der Waals surface area contributed by atoms with Crippen molar-refractivity contribution in [2.45, 2.75) is 19.8 Å². The van der Waals surface area contributed by atoms with Gasteiger partial charge in [0.15, 0.2) is 0 Å². The Hall–Kier alpha value is -0.520. The zero-order valence-electron chi connectivity index (χ0n) is 4.57. The van der Waals surface area contributed by atoms with Crippen molar-refractivity contribution in [1.82, 2.24) is 0 Å². The van der Waals surface area contributed by atoms with Crippen LogP contribution in [0.15, 0.2) is 17.7 Å². The van der Waals surface area contributed by atoms with Crippen LogP contribution in [0, 0.1) is 6.08 Å². The SMILES string of the molecule is CCC1=CC[C]=C1. The van der Waals surface area contributed by atoms with Crippen molar-refractivity contribution in [2.75, 3.05) is 0 Å². The molecule has 1 aliphatic rings. The molecular weight excluding hydrogens is 84.1 g/mol. The summed E-state index contributed by atoms with van der Waals surface area (Å²) in [7, 11) is 0. The van der Waals surface area contributed by atoms with Gasteiger partial charge in [-0.25, -0.2) is 0 Å². The van der Waals surface area contributed by atoms with Crippen molar-refractivity contribution in [3.63, 3.8) is 0 Å². The minimum atomic E-state index is 1.03. The van der Waals surface area contributed by atoms with Crippen molar-refractivity contribution in [3.8, 4) is 0 Å². The summed E-state index contributed by atoms with van der Waals surface area (Å²) in [6.07, 6.45) is 9.57. The molecule has 1 radical (unpaired) electrons. The molecule has 0 unspecified atom stereocenters. The Morgan fingerprint density at radius 1 is 1.86 bits per heavy atom. The molecule has 0 nitrogen and oxygen atoms in total. The van der Waals surface area contributed by atoms with Gasteiger partial charge >= 0.3 is 0 Å². The van der Waals surface area contributed by atoms with Gasteiger partial charge in [-0.05, 0) is 18.9 Å². The van der Waals surface area contributed by atoms with E-state index in [-0.39, 0.29) is 0 Å². The average Bonchev–Trinajstić information content (AvgIpc) is 2.14. The summed E-state index contributed by atoms with van der Waals surface area (Å²) in [5, 5.41) is 0. The first-order valence-electron chi connectivity index (χ1n) is 2.69. The standard InChI is InChI=1S/C7H9/c1-2-7-5-3-4-6-7/h5-6H,2-3H2,1H3. The second-order valence-electron chi connectivity index (χ2n) is 1.69. The molecule has 0 amide bonds. The molecule has 1 aliphatic carbocycles. The Kier molecular flexibility index (Phi) is 1.30. The Labute approximate surface area is 44.5 Å². The maximum atomic E-state index is 3.11. The first-order valence-corrected chi connectivity index (χ1v) is 2.69. The van der Waals surface area contributed by atoms with E-state index < -0.39 is 0 Å². The average molecular weight is 93.1 g/mol. The van der Waals surface area contributed by atoms with E-state index >= 15 is 0 Å². The van der Waals surface area contributed by atoms with Gasteiger partial charge in [0.05, 0.1) is 0 Å². The number of rotatable bonds is 1. The highest BCUT2D eigenvalue weighted by Crippen LogP contribution is 2.09. The molecule has 0 aromatic carbocycles. The molecule has 37 valence electrons. The van der Waals surface area contributed by atoms with E-state index in [4.69, 9.17) is 0 Å². The highest BCUT2D eigenvalue weighted by Gasteiger charge is 1.90. The topological polar surface area (TPSA) is 0 Å². The van der Waals surface area contributed by atoms with Gasteiger partial charge in [-0.2, -0.15) is 0 Å². The first-order chi connectivity index (χ1) is 3.43. The van der Waals surface area contributed by atoms with Gasteiger partial charge in [0.2, 0.25) is 0 Å². The van der Waals surface area contributed by atoms with Gasteiger partial charge < -0.3 is 0 Å². The van der Waals surface area contributed by atoms with E-state index in [1.54, 1.807) is 0 Å². The zero-order valence-corrected chi connectivity index (χ0v) is 4.57. The minimum absolute atomic E-state index is 1.03. The van der Waals surface area contributed by atoms with E-state index in [1.165, 1.54) is 5.57 Å². The second-order valence-corrected chi connectivity index (χ2v) is 1.69. The quantitative estimate of drug-likeness (QED) is 0.465. The van der Waals surface area contributed by atoms with Crippen LogP contribution in [0.4, 0.5) is 0 Å². The molecule has 7 heavy (non-hydrogen) atoms. The van der Waals surface area contributed by atoms with Crippen molar-refractivity contribution >= 4 is 0 Å². The van der Waals surface area contributed by atoms with Gasteiger partial charge in [-0.15, -0.1) is 0 Å². The largest absolute Gasteiger partial charge is 0.0769 e. The zero-order chi connectivity index (χ0) is 5.11. The van der Waals surface area contributed by atoms with Crippen LogP contribution in [0.1, 0.15) is 19.8 Å². The van der Waals surface area contributed by atoms with Crippen LogP contribution < -0.4 is 0 Å². The number of allylic oxidation sites excluding steroid dienone is 4. The lowest BCUT2D eigenvalue weighted by atomic mass is 10.2. The Bertz CT molecular complexity index is 107. The van der Waals surface area contributed by atoms with Crippen molar-refractivity contribution < 1.29 is 0 Å². The third-order valence-corrected chi connectivity index (χ3v) is 1.18.